The zero-order chi connectivity index (χ0) is 18.0. The van der Waals surface area contributed by atoms with Gasteiger partial charge in [0.2, 0.25) is 0 Å². The first kappa shape index (κ1) is 19.9. The van der Waals surface area contributed by atoms with Crippen molar-refractivity contribution in [3.8, 4) is 0 Å². The van der Waals surface area contributed by atoms with Crippen LogP contribution in [0.3, 0.4) is 0 Å². The zero-order valence-electron chi connectivity index (χ0n) is 13.0. The van der Waals surface area contributed by atoms with Crippen molar-refractivity contribution in [3.05, 3.63) is 0 Å². The van der Waals surface area contributed by atoms with Gasteiger partial charge in [0.15, 0.2) is 12.6 Å². The molecule has 142 valence electrons. The molecule has 0 aromatic rings. The standard InChI is InChI=1S/C13H24O11/c1-21-12-10(20)11(7(17)5(3-15)22-12)24-13-9(19)8(18)6(16)4(2-14)23-13/h4-20H,2-3H2,1H3/t4-,5-,6-,7-,8+,9-,10+,11+,12+,13+/m1/s1. The van der Waals surface area contributed by atoms with Crippen LogP contribution in [0, 0.1) is 0 Å². The molecule has 0 amide bonds. The third-order valence-corrected chi connectivity index (χ3v) is 4.19. The van der Waals surface area contributed by atoms with Crippen molar-refractivity contribution in [1.29, 1.82) is 0 Å². The van der Waals surface area contributed by atoms with Crippen molar-refractivity contribution in [2.75, 3.05) is 20.3 Å². The Balaban J connectivity index is 2.14. The van der Waals surface area contributed by atoms with Gasteiger partial charge in [0.25, 0.3) is 0 Å². The SMILES string of the molecule is CO[C@H]1O[C@H](CO)[C@@H](O)[C@H](O[C@@H]2O[C@H](CO)[C@@H](O)[C@H](O)[C@H]2O)[C@@H]1O. The summed E-state index contributed by atoms with van der Waals surface area (Å²) in [6, 6.07) is 0. The van der Waals surface area contributed by atoms with Gasteiger partial charge in [-0.1, -0.05) is 0 Å². The Morgan fingerprint density at radius 2 is 1.25 bits per heavy atom. The average molecular weight is 356 g/mol. The van der Waals surface area contributed by atoms with Crippen molar-refractivity contribution < 1.29 is 54.7 Å². The molecular weight excluding hydrogens is 332 g/mol. The number of hydrogen-bond donors (Lipinski definition) is 7. The number of aliphatic hydroxyl groups is 7. The number of rotatable bonds is 5. The summed E-state index contributed by atoms with van der Waals surface area (Å²) in [4.78, 5) is 0. The summed E-state index contributed by atoms with van der Waals surface area (Å²) in [6.45, 7) is -1.23. The van der Waals surface area contributed by atoms with Gasteiger partial charge in [-0.15, -0.1) is 0 Å². The third kappa shape index (κ3) is 3.71. The first-order valence-electron chi connectivity index (χ1n) is 7.46. The van der Waals surface area contributed by atoms with Crippen molar-refractivity contribution >= 4 is 0 Å². The summed E-state index contributed by atoms with van der Waals surface area (Å²) in [5.41, 5.74) is 0. The van der Waals surface area contributed by atoms with Crippen molar-refractivity contribution in [3.63, 3.8) is 0 Å². The normalized spacial score (nSPS) is 50.0. The van der Waals surface area contributed by atoms with E-state index >= 15 is 0 Å². The molecule has 0 unspecified atom stereocenters. The molecule has 11 heteroatoms. The Morgan fingerprint density at radius 1 is 0.708 bits per heavy atom. The highest BCUT2D eigenvalue weighted by atomic mass is 16.7. The van der Waals surface area contributed by atoms with E-state index in [1.54, 1.807) is 0 Å². The molecule has 2 aliphatic heterocycles. The molecule has 2 heterocycles. The molecule has 0 spiro atoms. The van der Waals surface area contributed by atoms with Crippen LogP contribution in [0.25, 0.3) is 0 Å². The van der Waals surface area contributed by atoms with Gasteiger partial charge in [0, 0.05) is 7.11 Å². The Hall–Kier alpha value is -0.440. The monoisotopic (exact) mass is 356 g/mol. The number of hydrogen-bond acceptors (Lipinski definition) is 11. The van der Waals surface area contributed by atoms with Crippen molar-refractivity contribution in [2.24, 2.45) is 0 Å². The van der Waals surface area contributed by atoms with Crippen LogP contribution >= 0.6 is 0 Å². The predicted octanol–water partition coefficient (Wildman–Crippen LogP) is -4.74. The van der Waals surface area contributed by atoms with Gasteiger partial charge in [0.05, 0.1) is 13.2 Å². The summed E-state index contributed by atoms with van der Waals surface area (Å²) in [6.07, 6.45) is -14.4. The maximum Gasteiger partial charge on any atom is 0.187 e. The van der Waals surface area contributed by atoms with Crippen molar-refractivity contribution in [2.45, 2.75) is 61.4 Å². The van der Waals surface area contributed by atoms with Crippen LogP contribution in [-0.4, -0.2) is 117 Å². The molecular formula is C13H24O11. The van der Waals surface area contributed by atoms with E-state index in [0.29, 0.717) is 0 Å². The van der Waals surface area contributed by atoms with E-state index in [2.05, 4.69) is 0 Å². The highest BCUT2D eigenvalue weighted by molar-refractivity contribution is 4.93. The minimum atomic E-state index is -1.70. The second-order valence-corrected chi connectivity index (χ2v) is 5.74. The average Bonchev–Trinajstić information content (AvgIpc) is 2.58. The van der Waals surface area contributed by atoms with Crippen LogP contribution in [-0.2, 0) is 18.9 Å². The molecule has 10 atom stereocenters. The number of methoxy groups -OCH3 is 1. The Morgan fingerprint density at radius 3 is 1.79 bits per heavy atom. The van der Waals surface area contributed by atoms with Gasteiger partial charge in [-0.3, -0.25) is 0 Å². The van der Waals surface area contributed by atoms with Crippen LogP contribution in [0.15, 0.2) is 0 Å². The number of aliphatic hydroxyl groups excluding tert-OH is 7. The molecule has 7 N–H and O–H groups in total. The molecule has 11 nitrogen and oxygen atoms in total. The van der Waals surface area contributed by atoms with Crippen LogP contribution in [0.5, 0.6) is 0 Å². The predicted molar refractivity (Wildman–Crippen MR) is 73.4 cm³/mol. The fourth-order valence-corrected chi connectivity index (χ4v) is 2.74. The van der Waals surface area contributed by atoms with E-state index in [0.717, 1.165) is 0 Å². The van der Waals surface area contributed by atoms with Gasteiger partial charge in [-0.2, -0.15) is 0 Å². The lowest BCUT2D eigenvalue weighted by Crippen LogP contribution is -2.64. The second kappa shape index (κ2) is 8.29. The van der Waals surface area contributed by atoms with Gasteiger partial charge < -0.3 is 54.7 Å². The van der Waals surface area contributed by atoms with Gasteiger partial charge in [-0.25, -0.2) is 0 Å². The maximum absolute atomic E-state index is 10.2. The molecule has 2 aliphatic rings. The van der Waals surface area contributed by atoms with E-state index in [1.165, 1.54) is 7.11 Å². The first-order chi connectivity index (χ1) is 11.3. The Bertz CT molecular complexity index is 378. The van der Waals surface area contributed by atoms with Gasteiger partial charge in [-0.05, 0) is 0 Å². The number of ether oxygens (including phenoxy) is 4. The second-order valence-electron chi connectivity index (χ2n) is 5.74. The lowest BCUT2D eigenvalue weighted by molar-refractivity contribution is -0.358. The lowest BCUT2D eigenvalue weighted by Gasteiger charge is -2.45. The minimum Gasteiger partial charge on any atom is -0.394 e. The maximum atomic E-state index is 10.2. The van der Waals surface area contributed by atoms with Gasteiger partial charge in [0.1, 0.15) is 48.8 Å². The van der Waals surface area contributed by atoms with Crippen LogP contribution in [0.2, 0.25) is 0 Å². The molecule has 2 rings (SSSR count). The summed E-state index contributed by atoms with van der Waals surface area (Å²) in [7, 11) is 1.24. The highest BCUT2D eigenvalue weighted by Crippen LogP contribution is 2.29. The van der Waals surface area contributed by atoms with Crippen LogP contribution in [0.4, 0.5) is 0 Å². The van der Waals surface area contributed by atoms with Crippen molar-refractivity contribution in [1.82, 2.24) is 0 Å². The molecule has 0 aliphatic carbocycles. The fourth-order valence-electron chi connectivity index (χ4n) is 2.74. The molecule has 2 fully saturated rings. The van der Waals surface area contributed by atoms with E-state index in [9.17, 15) is 30.6 Å². The summed E-state index contributed by atoms with van der Waals surface area (Å²) < 4.78 is 20.6. The molecule has 0 radical (unpaired) electrons. The molecule has 0 saturated carbocycles. The molecule has 2 saturated heterocycles. The summed E-state index contributed by atoms with van der Waals surface area (Å²) >= 11 is 0. The Labute approximate surface area is 137 Å². The third-order valence-electron chi connectivity index (χ3n) is 4.19. The fraction of sp³-hybridized carbons (Fsp3) is 1.00. The van der Waals surface area contributed by atoms with Crippen LogP contribution in [0.1, 0.15) is 0 Å². The van der Waals surface area contributed by atoms with Crippen LogP contribution < -0.4 is 0 Å². The highest BCUT2D eigenvalue weighted by Gasteiger charge is 2.50. The molecule has 0 bridgehead atoms. The molecule has 24 heavy (non-hydrogen) atoms. The molecule has 0 aromatic carbocycles. The largest absolute Gasteiger partial charge is 0.394 e. The summed E-state index contributed by atoms with van der Waals surface area (Å²) in [5, 5.41) is 68.1. The lowest BCUT2D eigenvalue weighted by atomic mass is 9.97. The Kier molecular flexibility index (Phi) is 6.87. The smallest absolute Gasteiger partial charge is 0.187 e. The summed E-state index contributed by atoms with van der Waals surface area (Å²) in [5.74, 6) is 0. The first-order valence-corrected chi connectivity index (χ1v) is 7.46. The van der Waals surface area contributed by atoms with E-state index in [4.69, 9.17) is 24.1 Å². The minimum absolute atomic E-state index is 0.581. The zero-order valence-corrected chi connectivity index (χ0v) is 13.0. The molecule has 0 aromatic heterocycles. The van der Waals surface area contributed by atoms with Gasteiger partial charge >= 0.3 is 0 Å². The van der Waals surface area contributed by atoms with E-state index in [-0.39, 0.29) is 0 Å². The quantitative estimate of drug-likeness (QED) is 0.251. The van der Waals surface area contributed by atoms with E-state index in [1.807, 2.05) is 0 Å². The van der Waals surface area contributed by atoms with E-state index < -0.39 is 74.6 Å². The topological polar surface area (TPSA) is 179 Å².